The Morgan fingerprint density at radius 2 is 1.76 bits per heavy atom. The van der Waals surface area contributed by atoms with Crippen LogP contribution in [0.25, 0.3) is 11.4 Å². The van der Waals surface area contributed by atoms with Crippen LogP contribution >= 0.6 is 0 Å². The minimum atomic E-state index is -3.59. The zero-order valence-electron chi connectivity index (χ0n) is 19.5. The molecular weight excluding hydrogens is 454 g/mol. The third kappa shape index (κ3) is 4.30. The Labute approximate surface area is 199 Å². The van der Waals surface area contributed by atoms with E-state index >= 15 is 0 Å². The SMILES string of the molecule is COc1ccc(-c2noc([C@H]3CCCN(S(=O)(=O)c4ccc5c(c4)CCCC5)C3)n2)cc1OC. The molecule has 1 saturated heterocycles. The fraction of sp³-hybridized carbons (Fsp3) is 0.440. The summed E-state index contributed by atoms with van der Waals surface area (Å²) < 4.78 is 44.7. The molecule has 0 amide bonds. The molecule has 1 aliphatic heterocycles. The molecule has 5 rings (SSSR count). The lowest BCUT2D eigenvalue weighted by atomic mass is 9.92. The molecule has 0 spiro atoms. The molecule has 2 aliphatic rings. The van der Waals surface area contributed by atoms with E-state index in [1.54, 1.807) is 36.7 Å². The first-order valence-electron chi connectivity index (χ1n) is 11.7. The number of methoxy groups -OCH3 is 2. The molecule has 1 aromatic heterocycles. The van der Waals surface area contributed by atoms with Crippen molar-refractivity contribution >= 4 is 10.0 Å². The van der Waals surface area contributed by atoms with Crippen molar-refractivity contribution in [1.29, 1.82) is 0 Å². The van der Waals surface area contributed by atoms with Gasteiger partial charge in [-0.05, 0) is 80.0 Å². The molecule has 1 fully saturated rings. The molecule has 1 aliphatic carbocycles. The van der Waals surface area contributed by atoms with Gasteiger partial charge in [-0.1, -0.05) is 11.2 Å². The summed E-state index contributed by atoms with van der Waals surface area (Å²) in [5.74, 6) is 1.93. The van der Waals surface area contributed by atoms with Crippen molar-refractivity contribution in [2.45, 2.75) is 49.3 Å². The number of piperidine rings is 1. The first-order chi connectivity index (χ1) is 16.5. The maximum Gasteiger partial charge on any atom is 0.243 e. The zero-order chi connectivity index (χ0) is 23.7. The highest BCUT2D eigenvalue weighted by atomic mass is 32.2. The monoisotopic (exact) mass is 483 g/mol. The van der Waals surface area contributed by atoms with E-state index in [0.29, 0.717) is 41.2 Å². The Morgan fingerprint density at radius 3 is 2.56 bits per heavy atom. The van der Waals surface area contributed by atoms with Crippen LogP contribution in [0.15, 0.2) is 45.8 Å². The van der Waals surface area contributed by atoms with Gasteiger partial charge in [0.2, 0.25) is 21.7 Å². The van der Waals surface area contributed by atoms with Gasteiger partial charge in [0.05, 0.1) is 25.0 Å². The number of hydrogen-bond acceptors (Lipinski definition) is 7. The molecule has 0 unspecified atom stereocenters. The first kappa shape index (κ1) is 22.9. The number of hydrogen-bond donors (Lipinski definition) is 0. The first-order valence-corrected chi connectivity index (χ1v) is 13.1. The van der Waals surface area contributed by atoms with E-state index in [1.165, 1.54) is 12.0 Å². The molecular formula is C25H29N3O5S. The van der Waals surface area contributed by atoms with Crippen molar-refractivity contribution in [3.8, 4) is 22.9 Å². The van der Waals surface area contributed by atoms with Gasteiger partial charge in [0.15, 0.2) is 11.5 Å². The van der Waals surface area contributed by atoms with Crippen molar-refractivity contribution in [3.63, 3.8) is 0 Å². The standard InChI is InChI=1S/C25H29N3O5S/c1-31-22-12-10-19(15-23(22)32-2)24-26-25(33-27-24)20-8-5-13-28(16-20)34(29,30)21-11-9-17-6-3-4-7-18(17)14-21/h9-12,14-15,20H,3-8,13,16H2,1-2H3/t20-/m0/s1. The smallest absolute Gasteiger partial charge is 0.243 e. The van der Waals surface area contributed by atoms with Gasteiger partial charge in [-0.25, -0.2) is 8.42 Å². The average molecular weight is 484 g/mol. The summed E-state index contributed by atoms with van der Waals surface area (Å²) in [4.78, 5) is 4.97. The minimum Gasteiger partial charge on any atom is -0.493 e. The van der Waals surface area contributed by atoms with Gasteiger partial charge in [-0.3, -0.25) is 0 Å². The topological polar surface area (TPSA) is 94.8 Å². The third-order valence-electron chi connectivity index (χ3n) is 6.77. The van der Waals surface area contributed by atoms with Crippen LogP contribution in [0.2, 0.25) is 0 Å². The molecule has 0 bridgehead atoms. The quantitative estimate of drug-likeness (QED) is 0.518. The van der Waals surface area contributed by atoms with Crippen LogP contribution in [-0.4, -0.2) is 50.2 Å². The number of benzene rings is 2. The maximum absolute atomic E-state index is 13.4. The number of aromatic nitrogens is 2. The predicted molar refractivity (Wildman–Crippen MR) is 127 cm³/mol. The number of fused-ring (bicyclic) bond motifs is 1. The summed E-state index contributed by atoms with van der Waals surface area (Å²) in [6, 6.07) is 11.0. The van der Waals surface area contributed by atoms with Crippen LogP contribution < -0.4 is 9.47 Å². The summed E-state index contributed by atoms with van der Waals surface area (Å²) in [5.41, 5.74) is 3.18. The van der Waals surface area contributed by atoms with Crippen LogP contribution in [0.1, 0.15) is 48.6 Å². The van der Waals surface area contributed by atoms with Crippen molar-refractivity contribution in [2.24, 2.45) is 0 Å². The molecule has 34 heavy (non-hydrogen) atoms. The Morgan fingerprint density at radius 1 is 0.971 bits per heavy atom. The van der Waals surface area contributed by atoms with E-state index in [4.69, 9.17) is 14.0 Å². The van der Waals surface area contributed by atoms with Crippen LogP contribution in [0.4, 0.5) is 0 Å². The van der Waals surface area contributed by atoms with Crippen molar-refractivity contribution in [3.05, 3.63) is 53.4 Å². The van der Waals surface area contributed by atoms with E-state index in [2.05, 4.69) is 10.1 Å². The molecule has 2 heterocycles. The summed E-state index contributed by atoms with van der Waals surface area (Å²) in [6.07, 6.45) is 5.79. The van der Waals surface area contributed by atoms with Gasteiger partial charge in [0.1, 0.15) is 0 Å². The van der Waals surface area contributed by atoms with E-state index in [9.17, 15) is 8.42 Å². The minimum absolute atomic E-state index is 0.150. The third-order valence-corrected chi connectivity index (χ3v) is 8.64. The van der Waals surface area contributed by atoms with Crippen molar-refractivity contribution in [2.75, 3.05) is 27.3 Å². The highest BCUT2D eigenvalue weighted by molar-refractivity contribution is 7.89. The fourth-order valence-electron chi connectivity index (χ4n) is 4.88. The molecule has 0 saturated carbocycles. The van der Waals surface area contributed by atoms with Gasteiger partial charge in [-0.15, -0.1) is 0 Å². The van der Waals surface area contributed by atoms with Crippen LogP contribution in [0, 0.1) is 0 Å². The predicted octanol–water partition coefficient (Wildman–Crippen LogP) is 4.20. The fourth-order valence-corrected chi connectivity index (χ4v) is 6.45. The summed E-state index contributed by atoms with van der Waals surface area (Å²) >= 11 is 0. The van der Waals surface area contributed by atoms with E-state index in [0.717, 1.165) is 43.2 Å². The lowest BCUT2D eigenvalue weighted by Crippen LogP contribution is -2.39. The number of nitrogens with zero attached hydrogens (tertiary/aromatic N) is 3. The van der Waals surface area contributed by atoms with E-state index in [1.807, 2.05) is 18.2 Å². The van der Waals surface area contributed by atoms with Crippen LogP contribution in [0.3, 0.4) is 0 Å². The zero-order valence-corrected chi connectivity index (χ0v) is 20.3. The molecule has 8 nitrogen and oxygen atoms in total. The van der Waals surface area contributed by atoms with Gasteiger partial charge in [-0.2, -0.15) is 9.29 Å². The molecule has 2 aromatic carbocycles. The van der Waals surface area contributed by atoms with Gasteiger partial charge in [0, 0.05) is 18.7 Å². The lowest BCUT2D eigenvalue weighted by Gasteiger charge is -2.30. The molecule has 3 aromatic rings. The van der Waals surface area contributed by atoms with Crippen molar-refractivity contribution in [1.82, 2.24) is 14.4 Å². The second-order valence-corrected chi connectivity index (χ2v) is 10.8. The Bertz CT molecular complexity index is 1290. The van der Waals surface area contributed by atoms with Gasteiger partial charge < -0.3 is 14.0 Å². The van der Waals surface area contributed by atoms with Crippen LogP contribution in [0.5, 0.6) is 11.5 Å². The molecule has 0 radical (unpaired) electrons. The number of sulfonamides is 1. The molecule has 0 N–H and O–H groups in total. The number of ether oxygens (including phenoxy) is 2. The Kier molecular flexibility index (Phi) is 6.31. The largest absolute Gasteiger partial charge is 0.493 e. The Hall–Kier alpha value is -2.91. The highest BCUT2D eigenvalue weighted by Gasteiger charge is 2.34. The number of aryl methyl sites for hydroxylation is 2. The number of rotatable bonds is 6. The van der Waals surface area contributed by atoms with Crippen molar-refractivity contribution < 1.29 is 22.4 Å². The maximum atomic E-state index is 13.4. The van der Waals surface area contributed by atoms with E-state index < -0.39 is 10.0 Å². The van der Waals surface area contributed by atoms with E-state index in [-0.39, 0.29) is 5.92 Å². The normalized spacial score (nSPS) is 18.9. The lowest BCUT2D eigenvalue weighted by molar-refractivity contribution is 0.265. The summed E-state index contributed by atoms with van der Waals surface area (Å²) in [5, 5.41) is 4.14. The molecule has 180 valence electrons. The summed E-state index contributed by atoms with van der Waals surface area (Å²) in [6.45, 7) is 0.819. The van der Waals surface area contributed by atoms with Crippen LogP contribution in [-0.2, 0) is 22.9 Å². The Balaban J connectivity index is 1.36. The second kappa shape index (κ2) is 9.38. The second-order valence-electron chi connectivity index (χ2n) is 8.87. The van der Waals surface area contributed by atoms with Gasteiger partial charge in [0.25, 0.3) is 0 Å². The summed E-state index contributed by atoms with van der Waals surface area (Å²) in [7, 11) is -0.433. The van der Waals surface area contributed by atoms with Gasteiger partial charge >= 0.3 is 0 Å². The highest BCUT2D eigenvalue weighted by Crippen LogP contribution is 2.34. The molecule has 9 heteroatoms. The average Bonchev–Trinajstić information content (AvgIpc) is 3.38. The molecule has 1 atom stereocenters.